The van der Waals surface area contributed by atoms with Gasteiger partial charge in [-0.3, -0.25) is 9.59 Å². The highest BCUT2D eigenvalue weighted by molar-refractivity contribution is 7.89. The molecule has 2 N–H and O–H groups in total. The van der Waals surface area contributed by atoms with Crippen molar-refractivity contribution in [2.45, 2.75) is 56.3 Å². The molecule has 13 heteroatoms. The van der Waals surface area contributed by atoms with E-state index in [0.717, 1.165) is 42.5 Å². The van der Waals surface area contributed by atoms with Crippen LogP contribution >= 0.6 is 0 Å². The molecule has 6 rings (SSSR count). The van der Waals surface area contributed by atoms with Gasteiger partial charge in [0.25, 0.3) is 11.8 Å². The largest absolute Gasteiger partial charge is 0.464 e. The molecule has 242 valence electrons. The van der Waals surface area contributed by atoms with Crippen molar-refractivity contribution in [1.82, 2.24) is 9.29 Å². The third kappa shape index (κ3) is 6.79. The number of amides is 1. The maximum atomic E-state index is 14.0. The zero-order chi connectivity index (χ0) is 32.0. The molecule has 3 aliphatic rings. The topological polar surface area (TPSA) is 113 Å². The lowest BCUT2D eigenvalue weighted by atomic mass is 9.93. The minimum Gasteiger partial charge on any atom is -0.464 e. The minimum absolute atomic E-state index is 0.0416. The van der Waals surface area contributed by atoms with Crippen LogP contribution in [0.2, 0.25) is 0 Å². The Hall–Kier alpha value is -3.71. The van der Waals surface area contributed by atoms with E-state index in [2.05, 4.69) is 14.9 Å². The third-order valence-corrected chi connectivity index (χ3v) is 10.9. The average molecular weight is 644 g/mol. The summed E-state index contributed by atoms with van der Waals surface area (Å²) >= 11 is 0. The SMILES string of the molecule is CC(=O)OCCNS(=O)(=O)c1ccc(NC(=O)c2cc(N3CCC(F)(F)CC3)c3c(ccn3C)c2)c(N2CCC3(CC2)CC3)c1. The van der Waals surface area contributed by atoms with Crippen LogP contribution in [0.5, 0.6) is 0 Å². The van der Waals surface area contributed by atoms with Gasteiger partial charge in [0.2, 0.25) is 10.0 Å². The number of fused-ring (bicyclic) bond motifs is 1. The summed E-state index contributed by atoms with van der Waals surface area (Å²) in [5, 5.41) is 3.84. The molecule has 45 heavy (non-hydrogen) atoms. The number of hydrogen-bond acceptors (Lipinski definition) is 7. The first-order valence-corrected chi connectivity index (χ1v) is 16.9. The Kier molecular flexibility index (Phi) is 8.27. The van der Waals surface area contributed by atoms with E-state index in [0.29, 0.717) is 22.4 Å². The zero-order valence-corrected chi connectivity index (χ0v) is 26.4. The number of nitrogens with one attached hydrogen (secondary N) is 2. The van der Waals surface area contributed by atoms with E-state index in [4.69, 9.17) is 4.74 Å². The second-order valence-electron chi connectivity index (χ2n) is 12.6. The van der Waals surface area contributed by atoms with Gasteiger partial charge in [-0.25, -0.2) is 21.9 Å². The average Bonchev–Trinajstić information content (AvgIpc) is 3.65. The lowest BCUT2D eigenvalue weighted by Gasteiger charge is -2.35. The number of piperidine rings is 2. The quantitative estimate of drug-likeness (QED) is 0.252. The first-order valence-electron chi connectivity index (χ1n) is 15.4. The van der Waals surface area contributed by atoms with Crippen LogP contribution in [0.15, 0.2) is 47.5 Å². The van der Waals surface area contributed by atoms with E-state index in [1.807, 2.05) is 28.8 Å². The summed E-state index contributed by atoms with van der Waals surface area (Å²) in [5.74, 6) is -3.57. The molecule has 0 bridgehead atoms. The molecule has 0 radical (unpaired) electrons. The summed E-state index contributed by atoms with van der Waals surface area (Å²) < 4.78 is 63.4. The summed E-state index contributed by atoms with van der Waals surface area (Å²) in [5.41, 5.74) is 3.47. The standard InChI is InChI=1S/C32H39F2N5O5S/c1-22(40)44-18-12-35-45(42,43)25-3-4-26(27(21-25)38-14-8-31(6-7-31)9-15-38)36-30(41)24-19-23-5-13-37(2)29(23)28(20-24)39-16-10-32(33,34)11-17-39/h3-5,13,19-21,35H,6-12,14-18H2,1-2H3,(H,36,41). The Morgan fingerprint density at radius 3 is 2.24 bits per heavy atom. The lowest BCUT2D eigenvalue weighted by Crippen LogP contribution is -2.39. The lowest BCUT2D eigenvalue weighted by molar-refractivity contribution is -0.140. The Balaban J connectivity index is 1.29. The summed E-state index contributed by atoms with van der Waals surface area (Å²) in [7, 11) is -2.03. The highest BCUT2D eigenvalue weighted by atomic mass is 32.2. The monoisotopic (exact) mass is 643 g/mol. The first kappa shape index (κ1) is 31.3. The summed E-state index contributed by atoms with van der Waals surface area (Å²) in [6.07, 6.45) is 5.82. The predicted octanol–water partition coefficient (Wildman–Crippen LogP) is 4.89. The van der Waals surface area contributed by atoms with Crippen molar-refractivity contribution in [2.75, 3.05) is 54.4 Å². The summed E-state index contributed by atoms with van der Waals surface area (Å²) in [6.45, 7) is 2.95. The minimum atomic E-state index is -3.92. The van der Waals surface area contributed by atoms with Crippen molar-refractivity contribution >= 4 is 49.9 Å². The highest BCUT2D eigenvalue weighted by Gasteiger charge is 2.44. The summed E-state index contributed by atoms with van der Waals surface area (Å²) in [4.78, 5) is 28.9. The molecule has 3 heterocycles. The number of anilines is 3. The Bertz CT molecular complexity index is 1720. The number of carbonyl (C=O) groups is 2. The van der Waals surface area contributed by atoms with Crippen molar-refractivity contribution in [1.29, 1.82) is 0 Å². The van der Waals surface area contributed by atoms with Crippen molar-refractivity contribution in [3.05, 3.63) is 48.2 Å². The van der Waals surface area contributed by atoms with Crippen LogP contribution < -0.4 is 19.8 Å². The molecule has 1 aliphatic carbocycles. The first-order chi connectivity index (χ1) is 21.3. The van der Waals surface area contributed by atoms with Crippen LogP contribution in [-0.4, -0.2) is 70.1 Å². The number of sulfonamides is 1. The zero-order valence-electron chi connectivity index (χ0n) is 25.6. The van der Waals surface area contributed by atoms with Gasteiger partial charge in [0, 0.05) is 76.7 Å². The number of aromatic nitrogens is 1. The van der Waals surface area contributed by atoms with Gasteiger partial charge in [0.1, 0.15) is 6.61 Å². The molecular weight excluding hydrogens is 604 g/mol. The predicted molar refractivity (Wildman–Crippen MR) is 169 cm³/mol. The second kappa shape index (κ2) is 11.9. The van der Waals surface area contributed by atoms with Crippen molar-refractivity contribution < 1.29 is 31.5 Å². The van der Waals surface area contributed by atoms with E-state index in [9.17, 15) is 26.8 Å². The smallest absolute Gasteiger partial charge is 0.302 e. The number of hydrogen-bond donors (Lipinski definition) is 2. The van der Waals surface area contributed by atoms with Crippen LogP contribution in [0.25, 0.3) is 10.9 Å². The number of halogens is 2. The van der Waals surface area contributed by atoms with Crippen LogP contribution in [-0.2, 0) is 26.6 Å². The fourth-order valence-electron chi connectivity index (χ4n) is 6.46. The number of nitrogens with zero attached hydrogens (tertiary/aromatic N) is 3. The van der Waals surface area contributed by atoms with Gasteiger partial charge in [-0.2, -0.15) is 0 Å². The third-order valence-electron chi connectivity index (χ3n) is 9.40. The molecule has 1 spiro atoms. The molecule has 3 aromatic rings. The van der Waals surface area contributed by atoms with Crippen molar-refractivity contribution in [3.63, 3.8) is 0 Å². The normalized spacial score (nSPS) is 19.1. The molecule has 3 fully saturated rings. The van der Waals surface area contributed by atoms with Gasteiger partial charge in [-0.05, 0) is 67.5 Å². The van der Waals surface area contributed by atoms with Gasteiger partial charge in [0.05, 0.1) is 27.5 Å². The van der Waals surface area contributed by atoms with Crippen molar-refractivity contribution in [3.8, 4) is 0 Å². The molecule has 0 unspecified atom stereocenters. The summed E-state index contributed by atoms with van der Waals surface area (Å²) in [6, 6.07) is 10.1. The molecule has 0 atom stereocenters. The number of aryl methyl sites for hydroxylation is 1. The molecule has 1 amide bonds. The number of esters is 1. The van der Waals surface area contributed by atoms with E-state index in [-0.39, 0.29) is 49.9 Å². The second-order valence-corrected chi connectivity index (χ2v) is 14.3. The molecule has 2 aromatic carbocycles. The van der Waals surface area contributed by atoms with Crippen LogP contribution in [0.3, 0.4) is 0 Å². The number of ether oxygens (including phenoxy) is 1. The van der Waals surface area contributed by atoms with Crippen molar-refractivity contribution in [2.24, 2.45) is 12.5 Å². The van der Waals surface area contributed by atoms with E-state index in [1.54, 1.807) is 24.3 Å². The molecular formula is C32H39F2N5O5S. The molecule has 2 saturated heterocycles. The van der Waals surface area contributed by atoms with Gasteiger partial charge in [0.15, 0.2) is 0 Å². The van der Waals surface area contributed by atoms with Gasteiger partial charge < -0.3 is 24.4 Å². The Morgan fingerprint density at radius 1 is 0.911 bits per heavy atom. The number of rotatable bonds is 9. The number of alkyl halides is 2. The van der Waals surface area contributed by atoms with Crippen LogP contribution in [0.1, 0.15) is 55.8 Å². The molecule has 10 nitrogen and oxygen atoms in total. The molecule has 1 aromatic heterocycles. The fourth-order valence-corrected chi connectivity index (χ4v) is 7.49. The van der Waals surface area contributed by atoms with Crippen LogP contribution in [0, 0.1) is 5.41 Å². The number of benzene rings is 2. The molecule has 1 saturated carbocycles. The number of carbonyl (C=O) groups excluding carboxylic acids is 2. The van der Waals surface area contributed by atoms with Crippen LogP contribution in [0.4, 0.5) is 25.8 Å². The van der Waals surface area contributed by atoms with Gasteiger partial charge in [-0.15, -0.1) is 0 Å². The molecule has 2 aliphatic heterocycles. The Labute approximate surface area is 261 Å². The van der Waals surface area contributed by atoms with Gasteiger partial charge in [-0.1, -0.05) is 0 Å². The van der Waals surface area contributed by atoms with E-state index in [1.165, 1.54) is 25.8 Å². The maximum Gasteiger partial charge on any atom is 0.302 e. The fraction of sp³-hybridized carbons (Fsp3) is 0.500. The highest BCUT2D eigenvalue weighted by Crippen LogP contribution is 2.54. The van der Waals surface area contributed by atoms with Gasteiger partial charge >= 0.3 is 5.97 Å². The Morgan fingerprint density at radius 2 is 1.58 bits per heavy atom. The van der Waals surface area contributed by atoms with E-state index < -0.39 is 21.9 Å². The van der Waals surface area contributed by atoms with E-state index >= 15 is 0 Å². The maximum absolute atomic E-state index is 14.0.